The molecule has 0 atom stereocenters. The Hall–Kier alpha value is -1.43. The van der Waals surface area contributed by atoms with Gasteiger partial charge in [0.2, 0.25) is 0 Å². The molecule has 0 aliphatic rings. The number of H-pyrrole nitrogens is 2. The van der Waals surface area contributed by atoms with E-state index in [9.17, 15) is 8.78 Å². The van der Waals surface area contributed by atoms with Gasteiger partial charge in [-0.15, -0.1) is 0 Å². The molecule has 0 bridgehead atoms. The van der Waals surface area contributed by atoms with E-state index in [0.29, 0.717) is 0 Å². The van der Waals surface area contributed by atoms with Gasteiger partial charge >= 0.3 is 0 Å². The Kier molecular flexibility index (Phi) is 1.59. The second kappa shape index (κ2) is 2.53. The number of imidazole rings is 1. The molecule has 1 aromatic heterocycles. The summed E-state index contributed by atoms with van der Waals surface area (Å²) in [7, 11) is 0. The second-order valence-electron chi connectivity index (χ2n) is 2.58. The smallest absolute Gasteiger partial charge is 0.175 e. The quantitative estimate of drug-likeness (QED) is 0.451. The van der Waals surface area contributed by atoms with E-state index >= 15 is 0 Å². The molecule has 1 heterocycles. The Balaban J connectivity index is 3.04. The number of rotatable bonds is 0. The number of nitrogens with two attached hydrogens (primary N) is 1. The SMILES string of the molecule is Nc1c(F)cc(F)c2[nH]c(=S)[nH]c12. The number of fused-ring (bicyclic) bond motifs is 1. The Morgan fingerprint density at radius 2 is 1.77 bits per heavy atom. The molecule has 0 radical (unpaired) electrons. The van der Waals surface area contributed by atoms with Gasteiger partial charge in [0.1, 0.15) is 5.52 Å². The minimum Gasteiger partial charge on any atom is -0.395 e. The van der Waals surface area contributed by atoms with Crippen LogP contribution in [0.15, 0.2) is 6.07 Å². The summed E-state index contributed by atoms with van der Waals surface area (Å²) in [6, 6.07) is 0.719. The second-order valence-corrected chi connectivity index (χ2v) is 2.99. The summed E-state index contributed by atoms with van der Waals surface area (Å²) in [5.74, 6) is -1.51. The first-order chi connectivity index (χ1) is 6.09. The van der Waals surface area contributed by atoms with Crippen molar-refractivity contribution in [1.82, 2.24) is 9.97 Å². The number of hydrogen-bond acceptors (Lipinski definition) is 2. The molecule has 0 fully saturated rings. The van der Waals surface area contributed by atoms with E-state index < -0.39 is 11.6 Å². The van der Waals surface area contributed by atoms with Crippen LogP contribution in [-0.2, 0) is 0 Å². The minimum absolute atomic E-state index is 0.101. The predicted octanol–water partition coefficient (Wildman–Crippen LogP) is 2.09. The number of anilines is 1. The van der Waals surface area contributed by atoms with Gasteiger partial charge in [0.05, 0.1) is 11.2 Å². The average Bonchev–Trinajstić information content (AvgIpc) is 2.44. The first kappa shape index (κ1) is 8.18. The molecule has 3 nitrogen and oxygen atoms in total. The van der Waals surface area contributed by atoms with E-state index in [1.165, 1.54) is 0 Å². The van der Waals surface area contributed by atoms with Crippen LogP contribution in [0.3, 0.4) is 0 Å². The number of nitrogens with one attached hydrogen (secondary N) is 2. The van der Waals surface area contributed by atoms with Gasteiger partial charge in [-0.3, -0.25) is 0 Å². The molecular weight excluding hydrogens is 196 g/mol. The van der Waals surface area contributed by atoms with Crippen molar-refractivity contribution >= 4 is 28.9 Å². The third-order valence-corrected chi connectivity index (χ3v) is 1.95. The van der Waals surface area contributed by atoms with Gasteiger partial charge in [0, 0.05) is 6.07 Å². The van der Waals surface area contributed by atoms with Crippen molar-refractivity contribution in [3.8, 4) is 0 Å². The van der Waals surface area contributed by atoms with Gasteiger partial charge in [-0.1, -0.05) is 0 Å². The maximum absolute atomic E-state index is 13.0. The fraction of sp³-hybridized carbons (Fsp3) is 0. The van der Waals surface area contributed by atoms with Crippen molar-refractivity contribution in [3.63, 3.8) is 0 Å². The van der Waals surface area contributed by atoms with E-state index in [4.69, 9.17) is 18.0 Å². The molecule has 0 saturated heterocycles. The summed E-state index contributed by atoms with van der Waals surface area (Å²) in [5, 5.41) is 0. The van der Waals surface area contributed by atoms with Crippen LogP contribution in [-0.4, -0.2) is 9.97 Å². The topological polar surface area (TPSA) is 57.6 Å². The molecule has 0 unspecified atom stereocenters. The zero-order valence-corrected chi connectivity index (χ0v) is 7.14. The van der Waals surface area contributed by atoms with E-state index in [0.717, 1.165) is 6.07 Å². The number of benzene rings is 1. The van der Waals surface area contributed by atoms with Crippen molar-refractivity contribution in [2.75, 3.05) is 5.73 Å². The summed E-state index contributed by atoms with van der Waals surface area (Å²) < 4.78 is 26.1. The van der Waals surface area contributed by atoms with E-state index in [1.54, 1.807) is 0 Å². The van der Waals surface area contributed by atoms with E-state index in [-0.39, 0.29) is 21.5 Å². The zero-order valence-electron chi connectivity index (χ0n) is 6.32. The molecule has 2 aromatic rings. The van der Waals surface area contributed by atoms with Gasteiger partial charge in [0.25, 0.3) is 0 Å². The van der Waals surface area contributed by atoms with Crippen LogP contribution in [0.2, 0.25) is 0 Å². The Bertz CT molecular complexity index is 528. The first-order valence-electron chi connectivity index (χ1n) is 3.45. The highest BCUT2D eigenvalue weighted by Gasteiger charge is 2.11. The molecular formula is C7H5F2N3S. The molecule has 4 N–H and O–H groups in total. The number of aromatic amines is 2. The summed E-state index contributed by atoms with van der Waals surface area (Å²) in [5.41, 5.74) is 5.50. The van der Waals surface area contributed by atoms with Crippen LogP contribution in [0.25, 0.3) is 11.0 Å². The van der Waals surface area contributed by atoms with Gasteiger partial charge < -0.3 is 15.7 Å². The lowest BCUT2D eigenvalue weighted by Gasteiger charge is -1.98. The average molecular weight is 201 g/mol. The molecule has 0 aliphatic heterocycles. The standard InChI is InChI=1S/C7H5F2N3S/c8-2-1-3(9)5-6(4(2)10)12-7(13)11-5/h1H,10H2,(H2,11,12,13). The van der Waals surface area contributed by atoms with Crippen molar-refractivity contribution in [1.29, 1.82) is 0 Å². The highest BCUT2D eigenvalue weighted by molar-refractivity contribution is 7.71. The van der Waals surface area contributed by atoms with Crippen LogP contribution in [0, 0.1) is 16.4 Å². The molecule has 0 aliphatic carbocycles. The minimum atomic E-state index is -0.796. The summed E-state index contributed by atoms with van der Waals surface area (Å²) in [6.07, 6.45) is 0. The van der Waals surface area contributed by atoms with Gasteiger partial charge in [0.15, 0.2) is 16.4 Å². The Morgan fingerprint density at radius 3 is 2.46 bits per heavy atom. The molecule has 0 spiro atoms. The lowest BCUT2D eigenvalue weighted by molar-refractivity contribution is 0.593. The van der Waals surface area contributed by atoms with Crippen molar-refractivity contribution in [2.45, 2.75) is 0 Å². The van der Waals surface area contributed by atoms with Crippen molar-refractivity contribution in [3.05, 3.63) is 22.5 Å². The fourth-order valence-electron chi connectivity index (χ4n) is 1.15. The van der Waals surface area contributed by atoms with Gasteiger partial charge in [-0.05, 0) is 12.2 Å². The lowest BCUT2D eigenvalue weighted by atomic mass is 10.2. The highest BCUT2D eigenvalue weighted by Crippen LogP contribution is 2.23. The summed E-state index contributed by atoms with van der Waals surface area (Å²) in [4.78, 5) is 5.10. The zero-order chi connectivity index (χ0) is 9.59. The summed E-state index contributed by atoms with van der Waals surface area (Å²) in [6.45, 7) is 0. The number of halogens is 2. The largest absolute Gasteiger partial charge is 0.395 e. The molecule has 2 rings (SSSR count). The predicted molar refractivity (Wildman–Crippen MR) is 47.8 cm³/mol. The van der Waals surface area contributed by atoms with Gasteiger partial charge in [-0.25, -0.2) is 8.78 Å². The third kappa shape index (κ3) is 1.10. The molecule has 13 heavy (non-hydrogen) atoms. The first-order valence-corrected chi connectivity index (χ1v) is 3.86. The number of aromatic nitrogens is 2. The Labute approximate surface area is 76.6 Å². The van der Waals surface area contributed by atoms with Crippen molar-refractivity contribution in [2.24, 2.45) is 0 Å². The normalized spacial score (nSPS) is 10.9. The lowest BCUT2D eigenvalue weighted by Crippen LogP contribution is -1.93. The maximum atomic E-state index is 13.0. The number of hydrogen-bond donors (Lipinski definition) is 3. The van der Waals surface area contributed by atoms with Crippen molar-refractivity contribution < 1.29 is 8.78 Å². The molecule has 6 heteroatoms. The van der Waals surface area contributed by atoms with Crippen LogP contribution in [0.1, 0.15) is 0 Å². The van der Waals surface area contributed by atoms with E-state index in [1.807, 2.05) is 0 Å². The van der Waals surface area contributed by atoms with Crippen LogP contribution < -0.4 is 5.73 Å². The third-order valence-electron chi connectivity index (χ3n) is 1.75. The van der Waals surface area contributed by atoms with E-state index in [2.05, 4.69) is 9.97 Å². The summed E-state index contributed by atoms with van der Waals surface area (Å²) >= 11 is 4.72. The number of nitrogen functional groups attached to an aromatic ring is 1. The maximum Gasteiger partial charge on any atom is 0.175 e. The van der Waals surface area contributed by atoms with Crippen LogP contribution in [0.4, 0.5) is 14.5 Å². The monoisotopic (exact) mass is 201 g/mol. The molecule has 0 saturated carbocycles. The highest BCUT2D eigenvalue weighted by atomic mass is 32.1. The Morgan fingerprint density at radius 1 is 1.15 bits per heavy atom. The van der Waals surface area contributed by atoms with Gasteiger partial charge in [-0.2, -0.15) is 0 Å². The van der Waals surface area contributed by atoms with Crippen LogP contribution in [0.5, 0.6) is 0 Å². The molecule has 68 valence electrons. The fourth-order valence-corrected chi connectivity index (χ4v) is 1.35. The van der Waals surface area contributed by atoms with Crippen LogP contribution >= 0.6 is 12.2 Å². The molecule has 0 amide bonds. The molecule has 1 aromatic carbocycles.